The Bertz CT molecular complexity index is 3330. The molecule has 64 heavy (non-hydrogen) atoms. The molecular weight excluding hydrogens is 773 g/mol. The van der Waals surface area contributed by atoms with Gasteiger partial charge in [0.2, 0.25) is 0 Å². The van der Waals surface area contributed by atoms with Crippen LogP contribution < -0.4 is 9.80 Å². The molecule has 1 heterocycles. The molecule has 3 unspecified atom stereocenters. The largest absolute Gasteiger partial charge is 0.311 e. The van der Waals surface area contributed by atoms with E-state index in [0.717, 1.165) is 17.8 Å². The average Bonchev–Trinajstić information content (AvgIpc) is 3.63. The fourth-order valence-electron chi connectivity index (χ4n) is 11.4. The first-order valence-electron chi connectivity index (χ1n) is 22.6. The van der Waals surface area contributed by atoms with Crippen molar-refractivity contribution < 1.29 is 0 Å². The van der Waals surface area contributed by atoms with Crippen molar-refractivity contribution in [3.05, 3.63) is 270 Å². The average molecular weight is 821 g/mol. The van der Waals surface area contributed by atoms with Gasteiger partial charge in [0.15, 0.2) is 0 Å². The Labute approximate surface area is 376 Å². The molecule has 0 radical (unpaired) electrons. The molecule has 0 spiro atoms. The van der Waals surface area contributed by atoms with Gasteiger partial charge in [-0.15, -0.1) is 0 Å². The quantitative estimate of drug-likeness (QED) is 0.148. The van der Waals surface area contributed by atoms with Crippen LogP contribution in [0.1, 0.15) is 37.0 Å². The second-order valence-electron chi connectivity index (χ2n) is 18.0. The molecule has 306 valence electrons. The van der Waals surface area contributed by atoms with Crippen molar-refractivity contribution in [2.24, 2.45) is 5.92 Å². The fourth-order valence-corrected chi connectivity index (χ4v) is 11.4. The number of nitrogens with zero attached hydrogens (tertiary/aromatic N) is 2. The highest BCUT2D eigenvalue weighted by Gasteiger charge is 2.48. The zero-order valence-corrected chi connectivity index (χ0v) is 36.2. The molecule has 0 amide bonds. The second-order valence-corrected chi connectivity index (χ2v) is 18.0. The van der Waals surface area contributed by atoms with Crippen LogP contribution in [0.2, 0.25) is 0 Å². The van der Waals surface area contributed by atoms with E-state index in [1.165, 1.54) is 83.3 Å². The first kappa shape index (κ1) is 38.0. The normalized spacial score (nSPS) is 20.8. The monoisotopic (exact) mass is 820 g/mol. The van der Waals surface area contributed by atoms with Crippen LogP contribution in [-0.2, 0) is 10.8 Å². The molecule has 0 saturated carbocycles. The first-order valence-corrected chi connectivity index (χ1v) is 22.6. The summed E-state index contributed by atoms with van der Waals surface area (Å²) in [4.78, 5) is 5.10. The van der Waals surface area contributed by atoms with Crippen LogP contribution >= 0.6 is 0 Å². The van der Waals surface area contributed by atoms with E-state index in [1.807, 2.05) is 0 Å². The van der Waals surface area contributed by atoms with E-state index in [4.69, 9.17) is 0 Å². The van der Waals surface area contributed by atoms with Crippen LogP contribution in [0.4, 0.5) is 22.7 Å². The number of fused-ring (bicyclic) bond motifs is 7. The van der Waals surface area contributed by atoms with Crippen molar-refractivity contribution in [3.63, 3.8) is 0 Å². The summed E-state index contributed by atoms with van der Waals surface area (Å²) in [7, 11) is 0. The van der Waals surface area contributed by atoms with E-state index >= 15 is 0 Å². The number of allylic oxidation sites excluding steroid dienone is 11. The summed E-state index contributed by atoms with van der Waals surface area (Å²) < 4.78 is 0. The lowest BCUT2D eigenvalue weighted by atomic mass is 9.61. The summed E-state index contributed by atoms with van der Waals surface area (Å²) in [5.41, 5.74) is 15.5. The Morgan fingerprint density at radius 3 is 2.11 bits per heavy atom. The van der Waals surface area contributed by atoms with Gasteiger partial charge in [-0.05, 0) is 116 Å². The minimum absolute atomic E-state index is 0.110. The van der Waals surface area contributed by atoms with Gasteiger partial charge in [-0.1, -0.05) is 201 Å². The van der Waals surface area contributed by atoms with Crippen LogP contribution in [0.3, 0.4) is 0 Å². The van der Waals surface area contributed by atoms with E-state index < -0.39 is 0 Å². The summed E-state index contributed by atoms with van der Waals surface area (Å²) in [6, 6.07) is 69.4. The van der Waals surface area contributed by atoms with Gasteiger partial charge in [0.05, 0.1) is 22.8 Å². The lowest BCUT2D eigenvalue weighted by Crippen LogP contribution is -2.37. The molecule has 4 aliphatic rings. The van der Waals surface area contributed by atoms with Crippen molar-refractivity contribution in [1.29, 1.82) is 0 Å². The van der Waals surface area contributed by atoms with Gasteiger partial charge in [-0.3, -0.25) is 0 Å². The van der Waals surface area contributed by atoms with Crippen LogP contribution in [-0.4, -0.2) is 0 Å². The molecule has 3 atom stereocenters. The van der Waals surface area contributed by atoms with Crippen LogP contribution in [0.5, 0.6) is 0 Å². The molecule has 2 heteroatoms. The summed E-state index contributed by atoms with van der Waals surface area (Å²) in [5, 5.41) is 5.08. The highest BCUT2D eigenvalue weighted by Crippen LogP contribution is 2.58. The van der Waals surface area contributed by atoms with E-state index in [0.29, 0.717) is 0 Å². The van der Waals surface area contributed by atoms with Gasteiger partial charge in [-0.25, -0.2) is 0 Å². The van der Waals surface area contributed by atoms with E-state index in [1.54, 1.807) is 0 Å². The van der Waals surface area contributed by atoms with Crippen molar-refractivity contribution in [1.82, 2.24) is 0 Å². The molecule has 0 fully saturated rings. The van der Waals surface area contributed by atoms with Crippen LogP contribution in [0.25, 0.3) is 38.2 Å². The Morgan fingerprint density at radius 1 is 0.547 bits per heavy atom. The number of benzene rings is 8. The molecule has 1 aliphatic heterocycles. The molecule has 0 N–H and O–H groups in total. The maximum Gasteiger partial charge on any atom is 0.0666 e. The van der Waals surface area contributed by atoms with Crippen LogP contribution in [0, 0.1) is 5.92 Å². The van der Waals surface area contributed by atoms with Crippen molar-refractivity contribution in [2.75, 3.05) is 9.80 Å². The van der Waals surface area contributed by atoms with Gasteiger partial charge in [0.1, 0.15) is 0 Å². The van der Waals surface area contributed by atoms with Gasteiger partial charge in [0, 0.05) is 28.1 Å². The van der Waals surface area contributed by atoms with Gasteiger partial charge < -0.3 is 9.80 Å². The van der Waals surface area contributed by atoms with Gasteiger partial charge in [-0.2, -0.15) is 0 Å². The van der Waals surface area contributed by atoms with E-state index in [-0.39, 0.29) is 16.7 Å². The van der Waals surface area contributed by atoms with Crippen molar-refractivity contribution >= 4 is 49.9 Å². The number of hydrogen-bond donors (Lipinski definition) is 0. The third-order valence-corrected chi connectivity index (χ3v) is 14.4. The maximum atomic E-state index is 2.57. The molecule has 12 rings (SSSR count). The molecule has 2 nitrogen and oxygen atoms in total. The number of hydrogen-bond acceptors (Lipinski definition) is 2. The van der Waals surface area contributed by atoms with E-state index in [2.05, 4.69) is 260 Å². The smallest absolute Gasteiger partial charge is 0.0666 e. The molecule has 8 aromatic rings. The predicted octanol–water partition coefficient (Wildman–Crippen LogP) is 16.1. The van der Waals surface area contributed by atoms with E-state index in [9.17, 15) is 0 Å². The Balaban J connectivity index is 1.09. The predicted molar refractivity (Wildman–Crippen MR) is 270 cm³/mol. The molecule has 8 aromatic carbocycles. The third kappa shape index (κ3) is 5.86. The minimum Gasteiger partial charge on any atom is -0.311 e. The van der Waals surface area contributed by atoms with Crippen LogP contribution in [0.15, 0.2) is 254 Å². The van der Waals surface area contributed by atoms with Gasteiger partial charge >= 0.3 is 0 Å². The Morgan fingerprint density at radius 2 is 1.27 bits per heavy atom. The van der Waals surface area contributed by atoms with Gasteiger partial charge in [0.25, 0.3) is 0 Å². The zero-order valence-electron chi connectivity index (χ0n) is 36.2. The SMILES string of the molecule is CC12CC=CC(N(c3ccc(-c4cccc5c4ccc4ccccc45)cc3)c3ccccc3C3(C)C=CC=C4C=CC=C(c5ccccc5)C43)=C1N(c1ccccc1)c1ccccc12. The lowest BCUT2D eigenvalue weighted by Gasteiger charge is -2.44. The number of anilines is 4. The zero-order chi connectivity index (χ0) is 42.8. The minimum atomic E-state index is -0.387. The molecule has 0 bridgehead atoms. The first-order chi connectivity index (χ1) is 31.5. The standard InChI is InChI=1S/C62H48N2/c1-61(41-17-23-46-22-15-28-51(59(46)61)43-19-5-3-6-20-43)54-30-11-13-32-56(54)63(48-38-35-45(36-39-48)50-27-16-29-52-49-26-10-9-21-44(49)37-40-53(50)52)58-34-18-42-62(2)55-31-12-14-33-57(55)64(60(58)62)47-24-7-4-8-25-47/h3-41,59H,42H2,1-2H3. The molecule has 3 aliphatic carbocycles. The Kier molecular flexibility index (Phi) is 8.91. The maximum absolute atomic E-state index is 2.57. The van der Waals surface area contributed by atoms with Crippen molar-refractivity contribution in [3.8, 4) is 11.1 Å². The highest BCUT2D eigenvalue weighted by atomic mass is 15.2. The summed E-state index contributed by atoms with van der Waals surface area (Å²) >= 11 is 0. The summed E-state index contributed by atoms with van der Waals surface area (Å²) in [6.07, 6.45) is 19.6. The number of rotatable bonds is 7. The molecular formula is C62H48N2. The molecule has 0 saturated heterocycles. The molecule has 0 aromatic heterocycles. The highest BCUT2D eigenvalue weighted by molar-refractivity contribution is 6.12. The fraction of sp³-hybridized carbons (Fsp3) is 0.0968. The lowest BCUT2D eigenvalue weighted by molar-refractivity contribution is 0.494. The summed E-state index contributed by atoms with van der Waals surface area (Å²) in [5.74, 6) is 0.110. The number of para-hydroxylation sites is 3. The topological polar surface area (TPSA) is 6.48 Å². The summed E-state index contributed by atoms with van der Waals surface area (Å²) in [6.45, 7) is 4.89. The Hall–Kier alpha value is -7.68. The van der Waals surface area contributed by atoms with Crippen molar-refractivity contribution in [2.45, 2.75) is 31.1 Å². The third-order valence-electron chi connectivity index (χ3n) is 14.4. The second kappa shape index (κ2) is 15.0.